The number of amides is 2. The Bertz CT molecular complexity index is 1110. The third-order valence-electron chi connectivity index (χ3n) is 5.48. The van der Waals surface area contributed by atoms with Gasteiger partial charge < -0.3 is 15.0 Å². The molecule has 0 aromatic heterocycles. The average Bonchev–Trinajstić information content (AvgIpc) is 2.78. The van der Waals surface area contributed by atoms with Crippen molar-refractivity contribution < 1.29 is 22.7 Å². The Labute approximate surface area is 209 Å². The number of ether oxygens (including phenoxy) is 1. The molecule has 35 heavy (non-hydrogen) atoms. The number of sulfonamides is 1. The lowest BCUT2D eigenvalue weighted by Crippen LogP contribution is -2.55. The van der Waals surface area contributed by atoms with Crippen LogP contribution >= 0.6 is 0 Å². The van der Waals surface area contributed by atoms with Crippen molar-refractivity contribution in [3.63, 3.8) is 0 Å². The summed E-state index contributed by atoms with van der Waals surface area (Å²) in [4.78, 5) is 28.2. The van der Waals surface area contributed by atoms with E-state index in [1.165, 1.54) is 24.1 Å². The summed E-state index contributed by atoms with van der Waals surface area (Å²) in [5.74, 6) is -0.0751. The molecule has 2 aromatic carbocycles. The third-order valence-corrected chi connectivity index (χ3v) is 7.30. The number of benzene rings is 2. The van der Waals surface area contributed by atoms with Crippen LogP contribution in [0.5, 0.6) is 5.75 Å². The summed E-state index contributed by atoms with van der Waals surface area (Å²) in [7, 11) is -0.940. The van der Waals surface area contributed by atoms with Gasteiger partial charge in [-0.15, -0.1) is 0 Å². The number of rotatable bonds is 10. The highest BCUT2D eigenvalue weighted by molar-refractivity contribution is 7.89. The lowest BCUT2D eigenvalue weighted by atomic mass is 10.1. The summed E-state index contributed by atoms with van der Waals surface area (Å²) in [5, 5.41) is 2.94. The number of nitrogens with zero attached hydrogens (tertiary/aromatic N) is 2. The van der Waals surface area contributed by atoms with E-state index in [2.05, 4.69) is 5.32 Å². The van der Waals surface area contributed by atoms with Gasteiger partial charge in [-0.05, 0) is 63.9 Å². The van der Waals surface area contributed by atoms with Crippen molar-refractivity contribution in [2.75, 3.05) is 20.7 Å². The lowest BCUT2D eigenvalue weighted by molar-refractivity contribution is -0.142. The van der Waals surface area contributed by atoms with Gasteiger partial charge >= 0.3 is 0 Å². The van der Waals surface area contributed by atoms with Gasteiger partial charge in [-0.25, -0.2) is 8.42 Å². The number of hydrogen-bond donors (Lipinski definition) is 1. The van der Waals surface area contributed by atoms with Crippen LogP contribution in [0, 0.1) is 6.92 Å². The topological polar surface area (TPSA) is 96.0 Å². The van der Waals surface area contributed by atoms with Crippen molar-refractivity contribution in [2.24, 2.45) is 0 Å². The highest BCUT2D eigenvalue weighted by atomic mass is 32.2. The molecule has 0 fully saturated rings. The number of carbonyl (C=O) groups excluding carboxylic acids is 2. The van der Waals surface area contributed by atoms with Crippen molar-refractivity contribution in [3.8, 4) is 5.75 Å². The van der Waals surface area contributed by atoms with Gasteiger partial charge in [0.15, 0.2) is 0 Å². The molecule has 1 N–H and O–H groups in total. The second kappa shape index (κ2) is 11.7. The Morgan fingerprint density at radius 1 is 1.03 bits per heavy atom. The molecule has 0 radical (unpaired) electrons. The molecule has 0 aliphatic carbocycles. The average molecular weight is 504 g/mol. The minimum Gasteiger partial charge on any atom is -0.497 e. The molecule has 192 valence electrons. The lowest BCUT2D eigenvalue weighted by Gasteiger charge is -2.34. The predicted molar refractivity (Wildman–Crippen MR) is 137 cm³/mol. The fourth-order valence-electron chi connectivity index (χ4n) is 3.56. The van der Waals surface area contributed by atoms with Crippen molar-refractivity contribution in [1.82, 2.24) is 14.5 Å². The second-order valence-corrected chi connectivity index (χ2v) is 11.7. The van der Waals surface area contributed by atoms with Gasteiger partial charge in [0.25, 0.3) is 0 Å². The molecule has 0 heterocycles. The van der Waals surface area contributed by atoms with Gasteiger partial charge in [-0.1, -0.05) is 36.8 Å². The maximum Gasteiger partial charge on any atom is 0.243 e. The molecule has 0 bridgehead atoms. The Balaban J connectivity index is 2.34. The van der Waals surface area contributed by atoms with E-state index in [1.54, 1.807) is 31.4 Å². The van der Waals surface area contributed by atoms with Crippen LogP contribution in [0.3, 0.4) is 0 Å². The number of carbonyl (C=O) groups is 2. The molecule has 0 aliphatic heterocycles. The van der Waals surface area contributed by atoms with Crippen LogP contribution in [0.25, 0.3) is 0 Å². The first-order chi connectivity index (χ1) is 16.3. The molecule has 0 saturated heterocycles. The first kappa shape index (κ1) is 28.3. The number of hydrogen-bond acceptors (Lipinski definition) is 5. The maximum absolute atomic E-state index is 13.5. The number of nitrogens with one attached hydrogen (secondary N) is 1. The van der Waals surface area contributed by atoms with Crippen LogP contribution < -0.4 is 10.1 Å². The highest BCUT2D eigenvalue weighted by Gasteiger charge is 2.33. The Kier molecular flexibility index (Phi) is 9.45. The number of methoxy groups -OCH3 is 1. The van der Waals surface area contributed by atoms with Crippen LogP contribution in [0.15, 0.2) is 53.4 Å². The summed E-state index contributed by atoms with van der Waals surface area (Å²) < 4.78 is 32.3. The number of aryl methyl sites for hydroxylation is 1. The van der Waals surface area contributed by atoms with Crippen LogP contribution in [-0.4, -0.2) is 61.7 Å². The molecule has 9 heteroatoms. The second-order valence-electron chi connectivity index (χ2n) is 9.61. The van der Waals surface area contributed by atoms with E-state index >= 15 is 0 Å². The van der Waals surface area contributed by atoms with Crippen molar-refractivity contribution in [1.29, 1.82) is 0 Å². The molecule has 2 aromatic rings. The highest BCUT2D eigenvalue weighted by Crippen LogP contribution is 2.19. The SMILES string of the molecule is CC[C@@H](C(=O)NC(C)(C)C)N(Cc1ccc(OC)cc1)C(=O)CN(C)S(=O)(=O)c1ccc(C)cc1. The molecular weight excluding hydrogens is 466 g/mol. The minimum atomic E-state index is -3.88. The zero-order valence-electron chi connectivity index (χ0n) is 21.7. The first-order valence-corrected chi connectivity index (χ1v) is 13.0. The maximum atomic E-state index is 13.5. The van der Waals surface area contributed by atoms with E-state index in [0.29, 0.717) is 12.2 Å². The Morgan fingerprint density at radius 3 is 2.09 bits per heavy atom. The molecule has 2 rings (SSSR count). The van der Waals surface area contributed by atoms with Crippen LogP contribution in [0.2, 0.25) is 0 Å². The molecule has 8 nitrogen and oxygen atoms in total. The fraction of sp³-hybridized carbons (Fsp3) is 0.462. The largest absolute Gasteiger partial charge is 0.497 e. The molecule has 1 atom stereocenters. The summed E-state index contributed by atoms with van der Waals surface area (Å²) in [6.45, 7) is 9.06. The van der Waals surface area contributed by atoms with Gasteiger partial charge in [0.1, 0.15) is 11.8 Å². The fourth-order valence-corrected chi connectivity index (χ4v) is 4.68. The van der Waals surface area contributed by atoms with Gasteiger partial charge in [0, 0.05) is 19.1 Å². The standard InChI is InChI=1S/C26H37N3O5S/c1-8-23(25(31)27-26(3,4)5)29(17-20-11-13-21(34-7)14-12-20)24(30)18-28(6)35(32,33)22-15-9-19(2)10-16-22/h9-16,23H,8,17-18H2,1-7H3,(H,27,31)/t23-/m0/s1. The molecular formula is C26H37N3O5S. The van der Waals surface area contributed by atoms with Crippen LogP contribution in [0.1, 0.15) is 45.2 Å². The number of likely N-dealkylation sites (N-methyl/N-ethyl adjacent to an activating group) is 1. The Morgan fingerprint density at radius 2 is 1.60 bits per heavy atom. The zero-order chi connectivity index (χ0) is 26.4. The molecule has 0 aliphatic rings. The molecule has 2 amide bonds. The predicted octanol–water partition coefficient (Wildman–Crippen LogP) is 3.35. The third kappa shape index (κ3) is 7.80. The van der Waals surface area contributed by atoms with Crippen molar-refractivity contribution >= 4 is 21.8 Å². The van der Waals surface area contributed by atoms with E-state index in [0.717, 1.165) is 15.4 Å². The summed E-state index contributed by atoms with van der Waals surface area (Å²) >= 11 is 0. The first-order valence-electron chi connectivity index (χ1n) is 11.6. The molecule has 0 saturated carbocycles. The van der Waals surface area contributed by atoms with E-state index in [-0.39, 0.29) is 17.3 Å². The summed E-state index contributed by atoms with van der Waals surface area (Å²) in [6.07, 6.45) is 0.373. The van der Waals surface area contributed by atoms with E-state index in [4.69, 9.17) is 4.74 Å². The van der Waals surface area contributed by atoms with Gasteiger partial charge in [0.05, 0.1) is 18.6 Å². The monoisotopic (exact) mass is 503 g/mol. The zero-order valence-corrected chi connectivity index (χ0v) is 22.5. The molecule has 0 unspecified atom stereocenters. The summed E-state index contributed by atoms with van der Waals surface area (Å²) in [6, 6.07) is 12.9. The minimum absolute atomic E-state index is 0.109. The van der Waals surface area contributed by atoms with Gasteiger partial charge in [-0.2, -0.15) is 4.31 Å². The van der Waals surface area contributed by atoms with Gasteiger partial charge in [0.2, 0.25) is 21.8 Å². The van der Waals surface area contributed by atoms with E-state index in [1.807, 2.05) is 46.8 Å². The van der Waals surface area contributed by atoms with Crippen molar-refractivity contribution in [2.45, 2.75) is 64.1 Å². The smallest absolute Gasteiger partial charge is 0.243 e. The Hall–Kier alpha value is -2.91. The van der Waals surface area contributed by atoms with E-state index < -0.39 is 34.1 Å². The van der Waals surface area contributed by atoms with Crippen LogP contribution in [0.4, 0.5) is 0 Å². The summed E-state index contributed by atoms with van der Waals surface area (Å²) in [5.41, 5.74) is 1.25. The van der Waals surface area contributed by atoms with Gasteiger partial charge in [-0.3, -0.25) is 9.59 Å². The van der Waals surface area contributed by atoms with Crippen LogP contribution in [-0.2, 0) is 26.2 Å². The quantitative estimate of drug-likeness (QED) is 0.537. The van der Waals surface area contributed by atoms with E-state index in [9.17, 15) is 18.0 Å². The molecule has 0 spiro atoms. The normalized spacial score (nSPS) is 12.8. The van der Waals surface area contributed by atoms with Crippen molar-refractivity contribution in [3.05, 3.63) is 59.7 Å².